The monoisotopic (exact) mass is 343 g/mol. The van der Waals surface area contributed by atoms with Crippen LogP contribution in [0.25, 0.3) is 11.0 Å². The number of rotatable bonds is 6. The molecule has 5 nitrogen and oxygen atoms in total. The second-order valence-electron chi connectivity index (χ2n) is 5.65. The number of nitriles is 1. The smallest absolute Gasteiger partial charge is 0.387 e. The van der Waals surface area contributed by atoms with Gasteiger partial charge < -0.3 is 14.8 Å². The minimum absolute atomic E-state index is 0.0362. The molecule has 3 aromatic rings. The number of fused-ring (bicyclic) bond motifs is 1. The molecule has 7 heteroatoms. The first-order valence-electron chi connectivity index (χ1n) is 7.57. The Labute approximate surface area is 142 Å². The fourth-order valence-corrected chi connectivity index (χ4v) is 2.66. The highest BCUT2D eigenvalue weighted by Gasteiger charge is 2.35. The minimum Gasteiger partial charge on any atom is -0.435 e. The lowest BCUT2D eigenvalue weighted by atomic mass is 9.83. The number of halogens is 2. The largest absolute Gasteiger partial charge is 0.435 e. The fourth-order valence-electron chi connectivity index (χ4n) is 2.66. The Balaban J connectivity index is 1.91. The summed E-state index contributed by atoms with van der Waals surface area (Å²) in [6, 6.07) is 15.4. The summed E-state index contributed by atoms with van der Waals surface area (Å²) in [6.45, 7) is -3.32. The molecule has 1 heterocycles. The van der Waals surface area contributed by atoms with E-state index in [1.165, 1.54) is 12.1 Å². The van der Waals surface area contributed by atoms with Crippen LogP contribution in [0, 0.1) is 11.3 Å². The third-order valence-electron chi connectivity index (χ3n) is 3.98. The Kier molecular flexibility index (Phi) is 4.63. The van der Waals surface area contributed by atoms with Gasteiger partial charge in [0.2, 0.25) is 0 Å². The first kappa shape index (κ1) is 16.9. The Bertz CT molecular complexity index is 870. The first-order chi connectivity index (χ1) is 12.1. The van der Waals surface area contributed by atoms with Crippen molar-refractivity contribution in [1.29, 1.82) is 5.26 Å². The summed E-state index contributed by atoms with van der Waals surface area (Å²) >= 11 is 0. The minimum atomic E-state index is -2.89. The molecule has 1 aromatic heterocycles. The highest BCUT2D eigenvalue weighted by Crippen LogP contribution is 2.28. The van der Waals surface area contributed by atoms with Gasteiger partial charge in [0.25, 0.3) is 0 Å². The predicted octanol–water partition coefficient (Wildman–Crippen LogP) is 3.16. The number of nitrogens with one attached hydrogen (secondary N) is 1. The SMILES string of the molecule is N#C[C@@](CO)(Cc1ccc(OC(F)F)cc1)c1nc2ccccc2[nH]1. The van der Waals surface area contributed by atoms with E-state index in [4.69, 9.17) is 0 Å². The molecule has 2 N–H and O–H groups in total. The normalized spacial score (nSPS) is 13.6. The second kappa shape index (κ2) is 6.87. The lowest BCUT2D eigenvalue weighted by molar-refractivity contribution is -0.0498. The fraction of sp³-hybridized carbons (Fsp3) is 0.222. The molecule has 1 atom stereocenters. The van der Waals surface area contributed by atoms with Crippen LogP contribution in [0.15, 0.2) is 48.5 Å². The van der Waals surface area contributed by atoms with Crippen molar-refractivity contribution >= 4 is 11.0 Å². The van der Waals surface area contributed by atoms with Crippen LogP contribution < -0.4 is 4.74 Å². The molecule has 0 spiro atoms. The number of aliphatic hydroxyl groups is 1. The van der Waals surface area contributed by atoms with E-state index in [-0.39, 0.29) is 12.2 Å². The van der Waals surface area contributed by atoms with Crippen LogP contribution in [-0.4, -0.2) is 28.3 Å². The first-order valence-corrected chi connectivity index (χ1v) is 7.57. The second-order valence-corrected chi connectivity index (χ2v) is 5.65. The van der Waals surface area contributed by atoms with Crippen LogP contribution in [0.2, 0.25) is 0 Å². The number of benzene rings is 2. The van der Waals surface area contributed by atoms with Gasteiger partial charge in [0.1, 0.15) is 17.0 Å². The quantitative estimate of drug-likeness (QED) is 0.720. The van der Waals surface area contributed by atoms with E-state index >= 15 is 0 Å². The maximum Gasteiger partial charge on any atom is 0.387 e. The maximum absolute atomic E-state index is 12.2. The van der Waals surface area contributed by atoms with Gasteiger partial charge >= 0.3 is 6.61 Å². The molecule has 0 unspecified atom stereocenters. The summed E-state index contributed by atoms with van der Waals surface area (Å²) in [5.41, 5.74) is 0.902. The number of hydrogen-bond acceptors (Lipinski definition) is 4. The van der Waals surface area contributed by atoms with E-state index in [1.807, 2.05) is 24.3 Å². The molecule has 3 rings (SSSR count). The summed E-state index contributed by atoms with van der Waals surface area (Å²) in [6.07, 6.45) is 0.175. The number of aromatic nitrogens is 2. The van der Waals surface area contributed by atoms with Crippen molar-refractivity contribution in [1.82, 2.24) is 9.97 Å². The van der Waals surface area contributed by atoms with E-state index < -0.39 is 18.6 Å². The molecule has 0 saturated carbocycles. The number of aliphatic hydroxyl groups excluding tert-OH is 1. The highest BCUT2D eigenvalue weighted by atomic mass is 19.3. The number of ether oxygens (including phenoxy) is 1. The van der Waals surface area contributed by atoms with E-state index in [9.17, 15) is 19.1 Å². The molecule has 128 valence electrons. The highest BCUT2D eigenvalue weighted by molar-refractivity contribution is 5.75. The molecule has 0 fully saturated rings. The van der Waals surface area contributed by atoms with Gasteiger partial charge in [0.05, 0.1) is 23.7 Å². The van der Waals surface area contributed by atoms with Gasteiger partial charge in [-0.2, -0.15) is 14.0 Å². The zero-order valence-electron chi connectivity index (χ0n) is 13.1. The Morgan fingerprint density at radius 1 is 1.20 bits per heavy atom. The molecular formula is C18H15F2N3O2. The molecule has 0 amide bonds. The summed E-state index contributed by atoms with van der Waals surface area (Å²) in [5.74, 6) is 0.403. The molecule has 0 saturated heterocycles. The number of para-hydroxylation sites is 2. The number of alkyl halides is 2. The Morgan fingerprint density at radius 2 is 1.92 bits per heavy atom. The van der Waals surface area contributed by atoms with Crippen molar-refractivity contribution in [2.45, 2.75) is 18.4 Å². The van der Waals surface area contributed by atoms with Crippen LogP contribution in [0.4, 0.5) is 8.78 Å². The van der Waals surface area contributed by atoms with Gasteiger partial charge in [-0.3, -0.25) is 0 Å². The van der Waals surface area contributed by atoms with Crippen LogP contribution >= 0.6 is 0 Å². The zero-order valence-corrected chi connectivity index (χ0v) is 13.1. The average molecular weight is 343 g/mol. The van der Waals surface area contributed by atoms with E-state index in [0.29, 0.717) is 16.9 Å². The molecule has 2 aromatic carbocycles. The number of H-pyrrole nitrogens is 1. The van der Waals surface area contributed by atoms with Crippen LogP contribution in [0.3, 0.4) is 0 Å². The number of hydrogen-bond donors (Lipinski definition) is 2. The Morgan fingerprint density at radius 3 is 2.52 bits per heavy atom. The summed E-state index contributed by atoms with van der Waals surface area (Å²) in [4.78, 5) is 7.50. The number of imidazole rings is 1. The lowest BCUT2D eigenvalue weighted by Crippen LogP contribution is -2.33. The molecule has 0 radical (unpaired) electrons. The van der Waals surface area contributed by atoms with Crippen molar-refractivity contribution in [3.05, 3.63) is 59.9 Å². The third-order valence-corrected chi connectivity index (χ3v) is 3.98. The molecular weight excluding hydrogens is 328 g/mol. The van der Waals surface area contributed by atoms with Crippen LogP contribution in [-0.2, 0) is 11.8 Å². The van der Waals surface area contributed by atoms with Crippen LogP contribution in [0.5, 0.6) is 5.75 Å². The van der Waals surface area contributed by atoms with Crippen molar-refractivity contribution in [3.63, 3.8) is 0 Å². The molecule has 0 aliphatic rings. The molecule has 25 heavy (non-hydrogen) atoms. The van der Waals surface area contributed by atoms with Crippen molar-refractivity contribution in [3.8, 4) is 11.8 Å². The molecule has 0 bridgehead atoms. The summed E-state index contributed by atoms with van der Waals surface area (Å²) in [7, 11) is 0. The number of nitrogens with zero attached hydrogens (tertiary/aromatic N) is 2. The van der Waals surface area contributed by atoms with E-state index in [0.717, 1.165) is 5.52 Å². The molecule has 0 aliphatic carbocycles. The lowest BCUT2D eigenvalue weighted by Gasteiger charge is -2.22. The van der Waals surface area contributed by atoms with Gasteiger partial charge in [0.15, 0.2) is 0 Å². The maximum atomic E-state index is 12.2. The summed E-state index contributed by atoms with van der Waals surface area (Å²) in [5, 5.41) is 19.6. The zero-order chi connectivity index (χ0) is 17.9. The van der Waals surface area contributed by atoms with Gasteiger partial charge in [-0.05, 0) is 29.8 Å². The van der Waals surface area contributed by atoms with Gasteiger partial charge in [-0.25, -0.2) is 4.98 Å². The topological polar surface area (TPSA) is 81.9 Å². The van der Waals surface area contributed by atoms with E-state index in [2.05, 4.69) is 20.8 Å². The number of aromatic amines is 1. The van der Waals surface area contributed by atoms with Crippen molar-refractivity contribution in [2.24, 2.45) is 0 Å². The third kappa shape index (κ3) is 3.44. The van der Waals surface area contributed by atoms with Gasteiger partial charge in [-0.15, -0.1) is 0 Å². The van der Waals surface area contributed by atoms with Crippen molar-refractivity contribution < 1.29 is 18.6 Å². The van der Waals surface area contributed by atoms with E-state index in [1.54, 1.807) is 12.1 Å². The van der Waals surface area contributed by atoms with Gasteiger partial charge in [0, 0.05) is 6.42 Å². The van der Waals surface area contributed by atoms with Crippen LogP contribution in [0.1, 0.15) is 11.4 Å². The average Bonchev–Trinajstić information content (AvgIpc) is 3.05. The van der Waals surface area contributed by atoms with Crippen molar-refractivity contribution in [2.75, 3.05) is 6.61 Å². The Hall–Kier alpha value is -2.98. The van der Waals surface area contributed by atoms with Gasteiger partial charge in [-0.1, -0.05) is 24.3 Å². The standard InChI is InChI=1S/C18H15F2N3O2/c19-17(20)25-13-7-5-12(6-8-13)9-18(10-21,11-24)16-22-14-3-1-2-4-15(14)23-16/h1-8,17,24H,9,11H2,(H,22,23)/t18-/m1/s1. The molecule has 0 aliphatic heterocycles. The summed E-state index contributed by atoms with van der Waals surface area (Å²) < 4.78 is 28.7. The predicted molar refractivity (Wildman–Crippen MR) is 87.2 cm³/mol.